The summed E-state index contributed by atoms with van der Waals surface area (Å²) in [4.78, 5) is 22.6. The van der Waals surface area contributed by atoms with Crippen molar-refractivity contribution in [2.45, 2.75) is 12.5 Å². The zero-order valence-electron chi connectivity index (χ0n) is 9.73. The summed E-state index contributed by atoms with van der Waals surface area (Å²) in [6.45, 7) is -0.483. The molecule has 0 radical (unpaired) electrons. The van der Waals surface area contributed by atoms with Crippen molar-refractivity contribution in [2.75, 3.05) is 6.61 Å². The maximum Gasteiger partial charge on any atom is 0.337 e. The highest BCUT2D eigenvalue weighted by Crippen LogP contribution is 2.33. The first kappa shape index (κ1) is 18.3. The van der Waals surface area contributed by atoms with Crippen LogP contribution < -0.4 is 0 Å². The van der Waals surface area contributed by atoms with E-state index in [1.807, 2.05) is 45.2 Å². The van der Waals surface area contributed by atoms with Gasteiger partial charge in [-0.05, 0) is 73.3 Å². The van der Waals surface area contributed by atoms with Crippen molar-refractivity contribution in [1.29, 1.82) is 0 Å². The molecule has 1 aromatic rings. The van der Waals surface area contributed by atoms with Gasteiger partial charge in [0, 0.05) is 17.1 Å². The molecule has 0 saturated carbocycles. The Morgan fingerprint density at radius 1 is 0.950 bits per heavy atom. The molecular weight excluding hydrogens is 609 g/mol. The molecule has 0 spiro atoms. The van der Waals surface area contributed by atoms with Crippen molar-refractivity contribution in [3.05, 3.63) is 27.4 Å². The summed E-state index contributed by atoms with van der Waals surface area (Å²) in [5.41, 5.74) is 0.233. The van der Waals surface area contributed by atoms with E-state index in [2.05, 4.69) is 0 Å². The van der Waals surface area contributed by atoms with Gasteiger partial charge in [-0.3, -0.25) is 0 Å². The van der Waals surface area contributed by atoms with E-state index >= 15 is 0 Å². The molecule has 0 fully saturated rings. The number of aliphatic hydroxyl groups excluding tert-OH is 2. The molecule has 1 aromatic carbocycles. The fourth-order valence-electron chi connectivity index (χ4n) is 1.57. The van der Waals surface area contributed by atoms with Crippen LogP contribution in [0.5, 0.6) is 0 Å². The molecular formula is C11H9I3O6. The van der Waals surface area contributed by atoms with Gasteiger partial charge in [-0.2, -0.15) is 0 Å². The van der Waals surface area contributed by atoms with Crippen molar-refractivity contribution in [3.8, 4) is 0 Å². The average Bonchev–Trinajstić information content (AvgIpc) is 2.33. The summed E-state index contributed by atoms with van der Waals surface area (Å²) in [7, 11) is 0. The molecule has 0 bridgehead atoms. The van der Waals surface area contributed by atoms with E-state index in [-0.39, 0.29) is 21.1 Å². The minimum Gasteiger partial charge on any atom is -0.478 e. The highest BCUT2D eigenvalue weighted by atomic mass is 127. The molecule has 1 unspecified atom stereocenters. The first-order valence-electron chi connectivity index (χ1n) is 5.17. The van der Waals surface area contributed by atoms with Crippen LogP contribution in [0.15, 0.2) is 0 Å². The topological polar surface area (TPSA) is 115 Å². The third-order valence-electron chi connectivity index (χ3n) is 2.49. The first-order valence-corrected chi connectivity index (χ1v) is 8.40. The smallest absolute Gasteiger partial charge is 0.337 e. The van der Waals surface area contributed by atoms with Crippen LogP contribution in [-0.4, -0.2) is 45.1 Å². The number of carbonyl (C=O) groups is 2. The number of hydrogen-bond donors (Lipinski definition) is 4. The van der Waals surface area contributed by atoms with Gasteiger partial charge in [0.25, 0.3) is 0 Å². The van der Waals surface area contributed by atoms with Gasteiger partial charge in [-0.1, -0.05) is 0 Å². The summed E-state index contributed by atoms with van der Waals surface area (Å²) in [5.74, 6) is -2.45. The summed E-state index contributed by atoms with van der Waals surface area (Å²) in [6.07, 6.45) is -1.08. The largest absolute Gasteiger partial charge is 0.478 e. The molecule has 0 aliphatic heterocycles. The Kier molecular flexibility index (Phi) is 6.88. The lowest BCUT2D eigenvalue weighted by atomic mass is 10.0. The van der Waals surface area contributed by atoms with Crippen LogP contribution in [0.4, 0.5) is 0 Å². The molecule has 1 rings (SSSR count). The highest BCUT2D eigenvalue weighted by molar-refractivity contribution is 14.1. The summed E-state index contributed by atoms with van der Waals surface area (Å²) in [5, 5.41) is 36.9. The Morgan fingerprint density at radius 2 is 1.35 bits per heavy atom. The molecule has 1 atom stereocenters. The molecule has 0 heterocycles. The van der Waals surface area contributed by atoms with E-state index in [1.54, 1.807) is 22.6 Å². The fraction of sp³-hybridized carbons (Fsp3) is 0.273. The molecule has 0 amide bonds. The number of carboxylic acid groups (broad SMARTS) is 2. The zero-order chi connectivity index (χ0) is 15.6. The molecule has 0 aliphatic carbocycles. The summed E-state index contributed by atoms with van der Waals surface area (Å²) >= 11 is 5.34. The maximum atomic E-state index is 11.3. The molecule has 20 heavy (non-hydrogen) atoms. The monoisotopic (exact) mass is 618 g/mol. The van der Waals surface area contributed by atoms with E-state index in [0.29, 0.717) is 12.7 Å². The number of rotatable bonds is 5. The number of benzene rings is 1. The Morgan fingerprint density at radius 3 is 1.65 bits per heavy atom. The average molecular weight is 618 g/mol. The van der Waals surface area contributed by atoms with E-state index in [4.69, 9.17) is 5.11 Å². The van der Waals surface area contributed by atoms with Gasteiger partial charge < -0.3 is 20.4 Å². The van der Waals surface area contributed by atoms with Crippen LogP contribution in [0.3, 0.4) is 0 Å². The van der Waals surface area contributed by atoms with Crippen LogP contribution in [0.1, 0.15) is 26.3 Å². The highest BCUT2D eigenvalue weighted by Gasteiger charge is 2.27. The van der Waals surface area contributed by atoms with Crippen LogP contribution in [0.25, 0.3) is 0 Å². The fourth-order valence-corrected chi connectivity index (χ4v) is 6.10. The van der Waals surface area contributed by atoms with Crippen molar-refractivity contribution < 1.29 is 30.0 Å². The van der Waals surface area contributed by atoms with E-state index < -0.39 is 24.6 Å². The van der Waals surface area contributed by atoms with E-state index in [0.717, 1.165) is 0 Å². The summed E-state index contributed by atoms with van der Waals surface area (Å²) < 4.78 is 0.904. The van der Waals surface area contributed by atoms with Gasteiger partial charge in [-0.25, -0.2) is 9.59 Å². The lowest BCUT2D eigenvalue weighted by Gasteiger charge is -2.17. The quantitative estimate of drug-likeness (QED) is 0.375. The lowest BCUT2D eigenvalue weighted by molar-refractivity contribution is 0.0692. The Hall–Kier alpha value is 0.270. The molecule has 0 saturated heterocycles. The maximum absolute atomic E-state index is 11.3. The Labute approximate surface area is 155 Å². The molecule has 0 aliphatic rings. The number of halogens is 3. The minimum atomic E-state index is -1.22. The SMILES string of the molecule is O=C(O)c1c(I)c(CC(O)CO)c(I)c(C(=O)O)c1I. The van der Waals surface area contributed by atoms with Crippen molar-refractivity contribution in [3.63, 3.8) is 0 Å². The molecule has 110 valence electrons. The van der Waals surface area contributed by atoms with E-state index in [1.165, 1.54) is 0 Å². The number of hydrogen-bond acceptors (Lipinski definition) is 4. The number of aromatic carboxylic acids is 2. The van der Waals surface area contributed by atoms with Gasteiger partial charge in [0.05, 0.1) is 23.8 Å². The second kappa shape index (κ2) is 7.51. The first-order chi connectivity index (χ1) is 9.22. The van der Waals surface area contributed by atoms with Crippen molar-refractivity contribution in [1.82, 2.24) is 0 Å². The zero-order valence-corrected chi connectivity index (χ0v) is 16.2. The third-order valence-corrected chi connectivity index (χ3v) is 5.95. The van der Waals surface area contributed by atoms with Crippen molar-refractivity contribution >= 4 is 79.7 Å². The van der Waals surface area contributed by atoms with Gasteiger partial charge in [0.1, 0.15) is 0 Å². The second-order valence-corrected chi connectivity index (χ2v) is 7.06. The van der Waals surface area contributed by atoms with Crippen LogP contribution in [0, 0.1) is 10.7 Å². The molecule has 0 aromatic heterocycles. The van der Waals surface area contributed by atoms with Gasteiger partial charge in [0.15, 0.2) is 0 Å². The number of carboxylic acids is 2. The predicted molar refractivity (Wildman–Crippen MR) is 95.3 cm³/mol. The third kappa shape index (κ3) is 3.72. The standard InChI is InChI=1S/C11H9I3O6/c12-7-4(1-3(16)2-15)8(13)6(11(19)20)9(14)5(7)10(17)18/h3,15-16H,1-2H2,(H,17,18)(H,19,20). The molecule has 6 nitrogen and oxygen atoms in total. The second-order valence-electron chi connectivity index (χ2n) is 3.82. The van der Waals surface area contributed by atoms with Crippen LogP contribution >= 0.6 is 67.8 Å². The normalized spacial score (nSPS) is 12.2. The molecule has 4 N–H and O–H groups in total. The minimum absolute atomic E-state index is 0.00940. The Bertz CT molecular complexity index is 531. The number of aliphatic hydroxyl groups is 2. The van der Waals surface area contributed by atoms with E-state index in [9.17, 15) is 24.9 Å². The summed E-state index contributed by atoms with van der Waals surface area (Å²) in [6, 6.07) is 0. The van der Waals surface area contributed by atoms with Gasteiger partial charge in [-0.15, -0.1) is 0 Å². The van der Waals surface area contributed by atoms with Gasteiger partial charge >= 0.3 is 11.9 Å². The lowest BCUT2D eigenvalue weighted by Crippen LogP contribution is -2.21. The van der Waals surface area contributed by atoms with Crippen molar-refractivity contribution in [2.24, 2.45) is 0 Å². The van der Waals surface area contributed by atoms with Crippen LogP contribution in [-0.2, 0) is 6.42 Å². The Balaban J connectivity index is 3.66. The van der Waals surface area contributed by atoms with Gasteiger partial charge in [0.2, 0.25) is 0 Å². The molecule has 9 heteroatoms. The predicted octanol–water partition coefficient (Wildman–Crippen LogP) is 1.79. The van der Waals surface area contributed by atoms with Crippen LogP contribution in [0.2, 0.25) is 0 Å².